The van der Waals surface area contributed by atoms with E-state index in [1.54, 1.807) is 6.92 Å². The van der Waals surface area contributed by atoms with Crippen molar-refractivity contribution >= 4 is 11.9 Å². The first-order chi connectivity index (χ1) is 6.74. The summed E-state index contributed by atoms with van der Waals surface area (Å²) in [4.78, 5) is 18.1. The average molecular weight is 191 g/mol. The molecule has 0 amide bonds. The fourth-order valence-electron chi connectivity index (χ4n) is 0.775. The third-order valence-corrected chi connectivity index (χ3v) is 1.39. The van der Waals surface area contributed by atoms with Crippen LogP contribution in [0.4, 0.5) is 5.95 Å². The maximum absolute atomic E-state index is 10.5. The number of aromatic carboxylic acids is 1. The minimum Gasteiger partial charge on any atom is -0.477 e. The first kappa shape index (κ1) is 9.99. The molecule has 14 heavy (non-hydrogen) atoms. The van der Waals surface area contributed by atoms with Gasteiger partial charge >= 0.3 is 5.97 Å². The molecule has 1 aromatic heterocycles. The Hall–Kier alpha value is -2.09. The predicted octanol–water partition coefficient (Wildman–Crippen LogP) is 0.610. The van der Waals surface area contributed by atoms with E-state index in [4.69, 9.17) is 5.11 Å². The van der Waals surface area contributed by atoms with Gasteiger partial charge in [-0.3, -0.25) is 0 Å². The fourth-order valence-corrected chi connectivity index (χ4v) is 0.775. The van der Waals surface area contributed by atoms with Crippen LogP contribution in [-0.2, 0) is 0 Å². The molecule has 2 N–H and O–H groups in total. The third-order valence-electron chi connectivity index (χ3n) is 1.39. The van der Waals surface area contributed by atoms with Crippen LogP contribution in [0.25, 0.3) is 0 Å². The van der Waals surface area contributed by atoms with Crippen LogP contribution in [0.15, 0.2) is 12.3 Å². The van der Waals surface area contributed by atoms with Gasteiger partial charge in [0.05, 0.1) is 6.54 Å². The molecule has 5 heteroatoms. The van der Waals surface area contributed by atoms with Crippen molar-refractivity contribution in [3.05, 3.63) is 18.0 Å². The van der Waals surface area contributed by atoms with Crippen molar-refractivity contribution in [2.75, 3.05) is 11.9 Å². The Morgan fingerprint density at radius 1 is 1.71 bits per heavy atom. The minimum absolute atomic E-state index is 0.0352. The molecule has 1 heterocycles. The zero-order valence-electron chi connectivity index (χ0n) is 7.61. The smallest absolute Gasteiger partial charge is 0.354 e. The molecule has 1 rings (SSSR count). The zero-order chi connectivity index (χ0) is 10.4. The Morgan fingerprint density at radius 2 is 2.50 bits per heavy atom. The van der Waals surface area contributed by atoms with E-state index in [0.29, 0.717) is 6.54 Å². The molecule has 0 unspecified atom stereocenters. The number of hydrogen-bond acceptors (Lipinski definition) is 4. The number of anilines is 1. The summed E-state index contributed by atoms with van der Waals surface area (Å²) >= 11 is 0. The van der Waals surface area contributed by atoms with Gasteiger partial charge in [-0.25, -0.2) is 14.8 Å². The van der Waals surface area contributed by atoms with E-state index in [0.717, 1.165) is 0 Å². The van der Waals surface area contributed by atoms with Gasteiger partial charge in [0.2, 0.25) is 5.95 Å². The molecule has 0 radical (unpaired) electrons. The van der Waals surface area contributed by atoms with E-state index in [2.05, 4.69) is 27.1 Å². The number of rotatable bonds is 3. The summed E-state index contributed by atoms with van der Waals surface area (Å²) < 4.78 is 0. The minimum atomic E-state index is -1.07. The molecule has 0 aromatic carbocycles. The van der Waals surface area contributed by atoms with Crippen LogP contribution in [0, 0.1) is 11.8 Å². The van der Waals surface area contributed by atoms with Crippen LogP contribution >= 0.6 is 0 Å². The summed E-state index contributed by atoms with van der Waals surface area (Å²) in [5.74, 6) is 4.65. The highest BCUT2D eigenvalue weighted by Gasteiger charge is 2.04. The maximum Gasteiger partial charge on any atom is 0.354 e. The van der Waals surface area contributed by atoms with Gasteiger partial charge in [-0.1, -0.05) is 5.92 Å². The van der Waals surface area contributed by atoms with Crippen molar-refractivity contribution in [3.8, 4) is 11.8 Å². The highest BCUT2D eigenvalue weighted by Crippen LogP contribution is 1.99. The average Bonchev–Trinajstić information content (AvgIpc) is 2.19. The standard InChI is InChI=1S/C9H9N3O2/c1-2-3-5-10-9-11-6-4-7(12-9)8(13)14/h4,6H,5H2,1H3,(H,13,14)(H,10,11,12). The number of nitrogens with zero attached hydrogens (tertiary/aromatic N) is 2. The Kier molecular flexibility index (Phi) is 3.44. The molecule has 72 valence electrons. The van der Waals surface area contributed by atoms with Gasteiger partial charge in [0.1, 0.15) is 0 Å². The van der Waals surface area contributed by atoms with Crippen molar-refractivity contribution in [3.63, 3.8) is 0 Å². The van der Waals surface area contributed by atoms with Crippen molar-refractivity contribution in [1.29, 1.82) is 0 Å². The van der Waals surface area contributed by atoms with E-state index in [-0.39, 0.29) is 11.6 Å². The normalized spacial score (nSPS) is 8.64. The maximum atomic E-state index is 10.5. The Balaban J connectivity index is 2.71. The Bertz CT molecular complexity index is 393. The number of carboxylic acid groups (broad SMARTS) is 1. The van der Waals surface area contributed by atoms with E-state index >= 15 is 0 Å². The molecule has 0 aliphatic carbocycles. The molecule has 0 bridgehead atoms. The van der Waals surface area contributed by atoms with Gasteiger partial charge in [-0.05, 0) is 13.0 Å². The molecule has 0 saturated heterocycles. The summed E-state index contributed by atoms with van der Waals surface area (Å²) in [6.45, 7) is 2.12. The third kappa shape index (κ3) is 2.75. The van der Waals surface area contributed by atoms with Crippen LogP contribution in [0.3, 0.4) is 0 Å². The second-order valence-corrected chi connectivity index (χ2v) is 2.35. The molecule has 1 aromatic rings. The van der Waals surface area contributed by atoms with Crippen LogP contribution in [0.2, 0.25) is 0 Å². The summed E-state index contributed by atoms with van der Waals surface area (Å²) in [6, 6.07) is 1.33. The van der Waals surface area contributed by atoms with Crippen molar-refractivity contribution in [2.45, 2.75) is 6.92 Å². The monoisotopic (exact) mass is 191 g/mol. The van der Waals surface area contributed by atoms with Gasteiger partial charge in [0.25, 0.3) is 0 Å². The lowest BCUT2D eigenvalue weighted by Crippen LogP contribution is -2.07. The van der Waals surface area contributed by atoms with Crippen molar-refractivity contribution < 1.29 is 9.90 Å². The van der Waals surface area contributed by atoms with Gasteiger partial charge < -0.3 is 10.4 Å². The quantitative estimate of drug-likeness (QED) is 0.684. The topological polar surface area (TPSA) is 75.1 Å². The van der Waals surface area contributed by atoms with E-state index in [9.17, 15) is 4.79 Å². The highest BCUT2D eigenvalue weighted by molar-refractivity contribution is 5.85. The van der Waals surface area contributed by atoms with Gasteiger partial charge in [-0.2, -0.15) is 0 Å². The molecule has 0 aliphatic rings. The molecule has 0 fully saturated rings. The van der Waals surface area contributed by atoms with Crippen LogP contribution in [0.1, 0.15) is 17.4 Å². The van der Waals surface area contributed by atoms with Crippen LogP contribution in [0.5, 0.6) is 0 Å². The largest absolute Gasteiger partial charge is 0.477 e. The molecular formula is C9H9N3O2. The Morgan fingerprint density at radius 3 is 3.14 bits per heavy atom. The highest BCUT2D eigenvalue weighted by atomic mass is 16.4. The van der Waals surface area contributed by atoms with Crippen molar-refractivity contribution in [1.82, 2.24) is 9.97 Å². The SMILES string of the molecule is CC#CCNc1nccc(C(=O)O)n1. The van der Waals surface area contributed by atoms with Gasteiger partial charge in [-0.15, -0.1) is 5.92 Å². The first-order valence-electron chi connectivity index (χ1n) is 3.94. The number of hydrogen-bond donors (Lipinski definition) is 2. The second kappa shape index (κ2) is 4.82. The van der Waals surface area contributed by atoms with Gasteiger partial charge in [0, 0.05) is 6.20 Å². The lowest BCUT2D eigenvalue weighted by molar-refractivity contribution is 0.0690. The number of carbonyl (C=O) groups is 1. The number of carboxylic acids is 1. The lowest BCUT2D eigenvalue weighted by atomic mass is 10.4. The van der Waals surface area contributed by atoms with Crippen LogP contribution < -0.4 is 5.32 Å². The molecule has 0 saturated carbocycles. The van der Waals surface area contributed by atoms with Crippen LogP contribution in [-0.4, -0.2) is 27.6 Å². The molecule has 0 aliphatic heterocycles. The second-order valence-electron chi connectivity index (χ2n) is 2.35. The molecule has 0 spiro atoms. The number of aromatic nitrogens is 2. The predicted molar refractivity (Wildman–Crippen MR) is 50.9 cm³/mol. The summed E-state index contributed by atoms with van der Waals surface area (Å²) in [5, 5.41) is 11.4. The summed E-state index contributed by atoms with van der Waals surface area (Å²) in [6.07, 6.45) is 1.39. The zero-order valence-corrected chi connectivity index (χ0v) is 7.61. The summed E-state index contributed by atoms with van der Waals surface area (Å²) in [7, 11) is 0. The van der Waals surface area contributed by atoms with E-state index in [1.807, 2.05) is 0 Å². The molecular weight excluding hydrogens is 182 g/mol. The van der Waals surface area contributed by atoms with Gasteiger partial charge in [0.15, 0.2) is 5.69 Å². The first-order valence-corrected chi connectivity index (χ1v) is 3.94. The molecule has 0 atom stereocenters. The summed E-state index contributed by atoms with van der Waals surface area (Å²) in [5.41, 5.74) is -0.0352. The van der Waals surface area contributed by atoms with E-state index in [1.165, 1.54) is 12.3 Å². The Labute approximate surface area is 81.2 Å². The lowest BCUT2D eigenvalue weighted by Gasteiger charge is -1.99. The number of nitrogens with one attached hydrogen (secondary N) is 1. The van der Waals surface area contributed by atoms with Crippen molar-refractivity contribution in [2.24, 2.45) is 0 Å². The molecule has 5 nitrogen and oxygen atoms in total. The fraction of sp³-hybridized carbons (Fsp3) is 0.222. The van der Waals surface area contributed by atoms with E-state index < -0.39 is 5.97 Å².